The molecule has 6 heteroatoms. The molecule has 0 bridgehead atoms. The van der Waals surface area contributed by atoms with Crippen molar-refractivity contribution in [3.05, 3.63) is 24.3 Å². The highest BCUT2D eigenvalue weighted by molar-refractivity contribution is 5.76. The minimum absolute atomic E-state index is 0.0222. The third-order valence-corrected chi connectivity index (χ3v) is 17.5. The molecule has 0 heterocycles. The first kappa shape index (κ1) is 79.3. The monoisotopic (exact) mass is 1140 g/mol. The van der Waals surface area contributed by atoms with Crippen LogP contribution < -0.4 is 5.32 Å². The molecule has 0 aliphatic carbocycles. The normalized spacial score (nSPS) is 12.6. The van der Waals surface area contributed by atoms with E-state index in [9.17, 15) is 19.8 Å². The van der Waals surface area contributed by atoms with Crippen LogP contribution in [0.4, 0.5) is 0 Å². The van der Waals surface area contributed by atoms with Gasteiger partial charge in [0.15, 0.2) is 0 Å². The van der Waals surface area contributed by atoms with Crippen LogP contribution >= 0.6 is 0 Å². The summed E-state index contributed by atoms with van der Waals surface area (Å²) in [6, 6.07) is -0.625. The fourth-order valence-electron chi connectivity index (χ4n) is 11.8. The lowest BCUT2D eigenvalue weighted by Gasteiger charge is -2.20. The topological polar surface area (TPSA) is 95.9 Å². The number of hydrogen-bond acceptors (Lipinski definition) is 5. The van der Waals surface area contributed by atoms with Gasteiger partial charge >= 0.3 is 5.97 Å². The summed E-state index contributed by atoms with van der Waals surface area (Å²) in [5, 5.41) is 23.2. The van der Waals surface area contributed by atoms with Crippen LogP contribution in [-0.2, 0) is 14.3 Å². The minimum atomic E-state index is -0.842. The molecule has 0 radical (unpaired) electrons. The molecule has 3 N–H and O–H groups in total. The van der Waals surface area contributed by atoms with Gasteiger partial charge in [0.1, 0.15) is 0 Å². The second kappa shape index (κ2) is 70.8. The van der Waals surface area contributed by atoms with Crippen LogP contribution in [0.15, 0.2) is 24.3 Å². The van der Waals surface area contributed by atoms with Crippen molar-refractivity contribution in [2.45, 2.75) is 431 Å². The van der Waals surface area contributed by atoms with E-state index in [0.717, 1.165) is 38.5 Å². The highest BCUT2D eigenvalue weighted by Crippen LogP contribution is 2.19. The summed E-state index contributed by atoms with van der Waals surface area (Å²) in [6.07, 6.45) is 90.0. The highest BCUT2D eigenvalue weighted by atomic mass is 16.5. The number of carbonyl (C=O) groups is 2. The Labute approximate surface area is 507 Å². The second-order valence-electron chi connectivity index (χ2n) is 25.6. The van der Waals surface area contributed by atoms with Gasteiger partial charge in [0.25, 0.3) is 0 Å². The van der Waals surface area contributed by atoms with Crippen LogP contribution in [0, 0.1) is 0 Å². The Kier molecular flexibility index (Phi) is 69.4. The molecule has 0 aromatic heterocycles. The summed E-state index contributed by atoms with van der Waals surface area (Å²) in [4.78, 5) is 24.6. The molecule has 0 aromatic carbocycles. The molecule has 0 spiro atoms. The van der Waals surface area contributed by atoms with Gasteiger partial charge < -0.3 is 20.3 Å². The van der Waals surface area contributed by atoms with Crippen molar-refractivity contribution < 1.29 is 24.5 Å². The number of esters is 1. The molecule has 81 heavy (non-hydrogen) atoms. The number of allylic oxidation sites excluding steroid dienone is 3. The lowest BCUT2D eigenvalue weighted by molar-refractivity contribution is -0.143. The van der Waals surface area contributed by atoms with Crippen molar-refractivity contribution in [3.8, 4) is 0 Å². The fourth-order valence-corrected chi connectivity index (χ4v) is 11.8. The van der Waals surface area contributed by atoms with Gasteiger partial charge in [0.05, 0.1) is 25.4 Å². The van der Waals surface area contributed by atoms with Gasteiger partial charge in [-0.15, -0.1) is 0 Å². The van der Waals surface area contributed by atoms with E-state index >= 15 is 0 Å². The van der Waals surface area contributed by atoms with Crippen LogP contribution in [0.25, 0.3) is 0 Å². The molecule has 0 saturated heterocycles. The average Bonchev–Trinajstić information content (AvgIpc) is 3.47. The highest BCUT2D eigenvalue weighted by Gasteiger charge is 2.18. The molecule has 0 rings (SSSR count). The SMILES string of the molecule is CCCCCCCCCCCCCCCC/C=C/C(O)C(CO)NC(=O)CCCCCCCCCCCCCCCCCCC/C=C\CCCCCCCCCCCCCCCCOC(=O)CCCCCCCCCCCCCCC. The van der Waals surface area contributed by atoms with Crippen molar-refractivity contribution in [1.29, 1.82) is 0 Å². The maximum atomic E-state index is 12.5. The standard InChI is InChI=1S/C75H145NO5/c1-3-5-7-9-11-13-15-17-18-40-44-47-51-55-59-63-67-73(78)72(71-77)76-74(79)68-64-60-56-52-48-45-41-38-36-34-32-30-28-26-24-22-20-19-21-23-25-27-29-31-33-35-37-39-42-46-50-54-58-62-66-70-81-75(80)69-65-61-57-53-49-43-16-14-12-10-8-6-4-2/h21,23,63,67,72-73,77-78H,3-20,22,24-62,64-66,68-71H2,1-2H3,(H,76,79)/b23-21-,67-63+. The summed E-state index contributed by atoms with van der Waals surface area (Å²) in [6.45, 7) is 4.94. The molecule has 0 aromatic rings. The Hall–Kier alpha value is -1.66. The Balaban J connectivity index is 3.35. The molecular weight excluding hydrogens is 995 g/mol. The predicted octanol–water partition coefficient (Wildman–Crippen LogP) is 24.1. The number of nitrogens with one attached hydrogen (secondary N) is 1. The van der Waals surface area contributed by atoms with E-state index in [1.165, 1.54) is 353 Å². The number of unbranched alkanes of at least 4 members (excludes halogenated alkanes) is 57. The van der Waals surface area contributed by atoms with Gasteiger partial charge in [-0.25, -0.2) is 0 Å². The molecule has 480 valence electrons. The van der Waals surface area contributed by atoms with Crippen LogP contribution in [-0.4, -0.2) is 47.4 Å². The fraction of sp³-hybridized carbons (Fsp3) is 0.920. The van der Waals surface area contributed by atoms with E-state index < -0.39 is 12.1 Å². The van der Waals surface area contributed by atoms with Gasteiger partial charge in [-0.05, 0) is 57.8 Å². The zero-order valence-electron chi connectivity index (χ0n) is 55.0. The Morgan fingerprint density at radius 3 is 0.877 bits per heavy atom. The third-order valence-electron chi connectivity index (χ3n) is 17.5. The van der Waals surface area contributed by atoms with Crippen molar-refractivity contribution >= 4 is 11.9 Å². The van der Waals surface area contributed by atoms with Gasteiger partial charge in [-0.1, -0.05) is 372 Å². The lowest BCUT2D eigenvalue weighted by atomic mass is 10.0. The van der Waals surface area contributed by atoms with Gasteiger partial charge in [0.2, 0.25) is 5.91 Å². The first-order valence-corrected chi connectivity index (χ1v) is 37.1. The molecule has 6 nitrogen and oxygen atoms in total. The predicted molar refractivity (Wildman–Crippen MR) is 356 cm³/mol. The summed E-state index contributed by atoms with van der Waals surface area (Å²) >= 11 is 0. The number of ether oxygens (including phenoxy) is 1. The molecule has 2 atom stereocenters. The summed E-state index contributed by atoms with van der Waals surface area (Å²) in [7, 11) is 0. The molecule has 2 unspecified atom stereocenters. The molecule has 0 saturated carbocycles. The zero-order chi connectivity index (χ0) is 58.5. The van der Waals surface area contributed by atoms with E-state index in [2.05, 4.69) is 31.3 Å². The van der Waals surface area contributed by atoms with E-state index in [0.29, 0.717) is 19.4 Å². The molecule has 0 fully saturated rings. The van der Waals surface area contributed by atoms with Crippen LogP contribution in [0.2, 0.25) is 0 Å². The number of carbonyl (C=O) groups excluding carboxylic acids is 2. The number of aliphatic hydroxyl groups is 2. The van der Waals surface area contributed by atoms with E-state index in [4.69, 9.17) is 4.74 Å². The largest absolute Gasteiger partial charge is 0.466 e. The van der Waals surface area contributed by atoms with Crippen molar-refractivity contribution in [2.75, 3.05) is 13.2 Å². The van der Waals surface area contributed by atoms with E-state index in [1.54, 1.807) is 6.08 Å². The molecular formula is C75H145NO5. The lowest BCUT2D eigenvalue weighted by Crippen LogP contribution is -2.45. The zero-order valence-corrected chi connectivity index (χ0v) is 55.0. The Bertz CT molecular complexity index is 1270. The number of aliphatic hydroxyl groups excluding tert-OH is 2. The Morgan fingerprint density at radius 2 is 0.580 bits per heavy atom. The van der Waals surface area contributed by atoms with Crippen molar-refractivity contribution in [3.63, 3.8) is 0 Å². The van der Waals surface area contributed by atoms with Crippen LogP contribution in [0.3, 0.4) is 0 Å². The molecule has 1 amide bonds. The third kappa shape index (κ3) is 67.3. The van der Waals surface area contributed by atoms with Crippen LogP contribution in [0.5, 0.6) is 0 Å². The van der Waals surface area contributed by atoms with Crippen molar-refractivity contribution in [2.24, 2.45) is 0 Å². The maximum absolute atomic E-state index is 12.5. The van der Waals surface area contributed by atoms with E-state index in [-0.39, 0.29) is 18.5 Å². The summed E-state index contributed by atoms with van der Waals surface area (Å²) < 4.78 is 5.49. The summed E-state index contributed by atoms with van der Waals surface area (Å²) in [5.41, 5.74) is 0. The number of rotatable bonds is 70. The summed E-state index contributed by atoms with van der Waals surface area (Å²) in [5.74, 6) is -0.0391. The molecule has 0 aliphatic rings. The quantitative estimate of drug-likeness (QED) is 0.0320. The first-order valence-electron chi connectivity index (χ1n) is 37.1. The number of amides is 1. The van der Waals surface area contributed by atoms with Crippen LogP contribution in [0.1, 0.15) is 418 Å². The van der Waals surface area contributed by atoms with Gasteiger partial charge in [-0.2, -0.15) is 0 Å². The number of hydrogen-bond donors (Lipinski definition) is 3. The average molecular weight is 1140 g/mol. The first-order chi connectivity index (χ1) is 40.0. The van der Waals surface area contributed by atoms with Gasteiger partial charge in [0, 0.05) is 12.8 Å². The maximum Gasteiger partial charge on any atom is 0.305 e. The Morgan fingerprint density at radius 1 is 0.333 bits per heavy atom. The molecule has 0 aliphatic heterocycles. The minimum Gasteiger partial charge on any atom is -0.466 e. The van der Waals surface area contributed by atoms with E-state index in [1.807, 2.05) is 6.08 Å². The van der Waals surface area contributed by atoms with Crippen molar-refractivity contribution in [1.82, 2.24) is 5.32 Å². The second-order valence-corrected chi connectivity index (χ2v) is 25.6. The van der Waals surface area contributed by atoms with Gasteiger partial charge in [-0.3, -0.25) is 9.59 Å². The smallest absolute Gasteiger partial charge is 0.305 e.